The third-order valence-electron chi connectivity index (χ3n) is 1.85. The number of hydrogen-bond donors (Lipinski definition) is 3. The van der Waals surface area contributed by atoms with Crippen LogP contribution in [0, 0.1) is 0 Å². The lowest BCUT2D eigenvalue weighted by atomic mass is 10.3. The molecule has 8 nitrogen and oxygen atoms in total. The van der Waals surface area contributed by atoms with Crippen LogP contribution in [0.15, 0.2) is 12.7 Å². The van der Waals surface area contributed by atoms with Gasteiger partial charge in [0.2, 0.25) is 5.91 Å². The molecule has 0 aliphatic rings. The quantitative estimate of drug-likeness (QED) is 0.530. The number of nitrogens with one attached hydrogen (secondary N) is 1. The molecule has 1 heterocycles. The van der Waals surface area contributed by atoms with Gasteiger partial charge in [-0.05, 0) is 0 Å². The summed E-state index contributed by atoms with van der Waals surface area (Å²) >= 11 is 0. The monoisotopic (exact) mass is 228 g/mol. The van der Waals surface area contributed by atoms with Crippen molar-refractivity contribution in [3.05, 3.63) is 12.7 Å². The summed E-state index contributed by atoms with van der Waals surface area (Å²) in [6, 6.07) is -1.26. The Labute approximate surface area is 90.9 Å². The number of carboxylic acids is 1. The van der Waals surface area contributed by atoms with Gasteiger partial charge in [-0.1, -0.05) is 0 Å². The van der Waals surface area contributed by atoms with E-state index in [2.05, 4.69) is 15.4 Å². The van der Waals surface area contributed by atoms with Crippen LogP contribution in [0.2, 0.25) is 0 Å². The number of aliphatic hydroxyl groups is 1. The largest absolute Gasteiger partial charge is 0.480 e. The van der Waals surface area contributed by atoms with E-state index in [0.29, 0.717) is 6.54 Å². The summed E-state index contributed by atoms with van der Waals surface area (Å²) < 4.78 is 1.45. The minimum Gasteiger partial charge on any atom is -0.480 e. The Hall–Kier alpha value is -1.96. The summed E-state index contributed by atoms with van der Waals surface area (Å²) in [6.07, 6.45) is 2.87. The Balaban J connectivity index is 2.33. The zero-order valence-electron chi connectivity index (χ0n) is 8.41. The molecule has 8 heteroatoms. The Bertz CT molecular complexity index is 351. The van der Waals surface area contributed by atoms with Crippen molar-refractivity contribution in [3.8, 4) is 0 Å². The number of amides is 1. The van der Waals surface area contributed by atoms with Crippen LogP contribution in [0.5, 0.6) is 0 Å². The van der Waals surface area contributed by atoms with Gasteiger partial charge in [-0.25, -0.2) is 9.78 Å². The van der Waals surface area contributed by atoms with Crippen LogP contribution < -0.4 is 5.32 Å². The Morgan fingerprint density at radius 2 is 2.25 bits per heavy atom. The second kappa shape index (κ2) is 5.81. The molecular formula is C8H12N4O4. The van der Waals surface area contributed by atoms with Crippen LogP contribution >= 0.6 is 0 Å². The lowest BCUT2D eigenvalue weighted by molar-refractivity contribution is -0.143. The van der Waals surface area contributed by atoms with Crippen molar-refractivity contribution >= 4 is 11.9 Å². The number of carbonyl (C=O) groups excluding carboxylic acids is 1. The molecule has 0 bridgehead atoms. The van der Waals surface area contributed by atoms with Crippen LogP contribution in [0.25, 0.3) is 0 Å². The first-order chi connectivity index (χ1) is 7.63. The highest BCUT2D eigenvalue weighted by Gasteiger charge is 2.18. The summed E-state index contributed by atoms with van der Waals surface area (Å²) in [5.74, 6) is -1.73. The molecule has 0 saturated heterocycles. The molecule has 0 radical (unpaired) electrons. The number of carbonyl (C=O) groups is 2. The van der Waals surface area contributed by atoms with Gasteiger partial charge in [0.15, 0.2) is 0 Å². The molecule has 16 heavy (non-hydrogen) atoms. The number of aliphatic hydroxyl groups excluding tert-OH is 1. The standard InChI is InChI=1S/C8H12N4O4/c13-3-6(8(15)16)11-7(14)1-2-12-5-9-4-10-12/h4-6,13H,1-3H2,(H,11,14)(H,15,16)/t6-/m0/s1. The van der Waals surface area contributed by atoms with E-state index in [1.54, 1.807) is 0 Å². The van der Waals surface area contributed by atoms with E-state index in [1.165, 1.54) is 17.3 Å². The first-order valence-electron chi connectivity index (χ1n) is 4.59. The SMILES string of the molecule is O=C(CCn1cncn1)N[C@@H](CO)C(=O)O. The summed E-state index contributed by atoms with van der Waals surface area (Å²) in [6.45, 7) is -0.325. The average Bonchev–Trinajstić information content (AvgIpc) is 2.75. The maximum absolute atomic E-state index is 11.3. The number of nitrogens with zero attached hydrogens (tertiary/aromatic N) is 3. The first kappa shape index (κ1) is 12.1. The minimum atomic E-state index is -1.27. The predicted molar refractivity (Wildman–Crippen MR) is 51.3 cm³/mol. The number of aryl methyl sites for hydroxylation is 1. The number of rotatable bonds is 6. The fraction of sp³-hybridized carbons (Fsp3) is 0.500. The van der Waals surface area contributed by atoms with E-state index in [-0.39, 0.29) is 6.42 Å². The molecule has 0 unspecified atom stereocenters. The number of aliphatic carboxylic acids is 1. The van der Waals surface area contributed by atoms with Crippen molar-refractivity contribution in [2.45, 2.75) is 19.0 Å². The highest BCUT2D eigenvalue weighted by Crippen LogP contribution is 1.90. The number of aromatic nitrogens is 3. The van der Waals surface area contributed by atoms with Gasteiger partial charge in [0, 0.05) is 6.42 Å². The zero-order valence-corrected chi connectivity index (χ0v) is 8.41. The van der Waals surface area contributed by atoms with Crippen LogP contribution in [-0.4, -0.2) is 49.5 Å². The molecule has 1 aromatic rings. The van der Waals surface area contributed by atoms with Gasteiger partial charge in [-0.15, -0.1) is 0 Å². The topological polar surface area (TPSA) is 117 Å². The average molecular weight is 228 g/mol. The lowest BCUT2D eigenvalue weighted by Crippen LogP contribution is -2.43. The molecule has 0 aromatic carbocycles. The van der Waals surface area contributed by atoms with Gasteiger partial charge in [0.1, 0.15) is 18.7 Å². The molecule has 3 N–H and O–H groups in total. The van der Waals surface area contributed by atoms with E-state index >= 15 is 0 Å². The predicted octanol–water partition coefficient (Wildman–Crippen LogP) is -1.77. The second-order valence-electron chi connectivity index (χ2n) is 3.05. The Morgan fingerprint density at radius 1 is 1.50 bits per heavy atom. The third-order valence-corrected chi connectivity index (χ3v) is 1.85. The van der Waals surface area contributed by atoms with Gasteiger partial charge >= 0.3 is 5.97 Å². The second-order valence-corrected chi connectivity index (χ2v) is 3.05. The lowest BCUT2D eigenvalue weighted by Gasteiger charge is -2.11. The Morgan fingerprint density at radius 3 is 2.75 bits per heavy atom. The fourth-order valence-electron chi connectivity index (χ4n) is 1.02. The molecule has 0 spiro atoms. The highest BCUT2D eigenvalue weighted by atomic mass is 16.4. The van der Waals surface area contributed by atoms with Crippen LogP contribution in [0.1, 0.15) is 6.42 Å². The van der Waals surface area contributed by atoms with Gasteiger partial charge in [-0.2, -0.15) is 5.10 Å². The molecule has 1 amide bonds. The van der Waals surface area contributed by atoms with Crippen LogP contribution in [-0.2, 0) is 16.1 Å². The van der Waals surface area contributed by atoms with Gasteiger partial charge in [-0.3, -0.25) is 9.48 Å². The number of carboxylic acid groups (broad SMARTS) is 1. The normalized spacial score (nSPS) is 12.1. The molecule has 0 fully saturated rings. The van der Waals surface area contributed by atoms with E-state index < -0.39 is 24.5 Å². The fourth-order valence-corrected chi connectivity index (χ4v) is 1.02. The molecule has 1 rings (SSSR count). The first-order valence-corrected chi connectivity index (χ1v) is 4.59. The molecule has 0 saturated carbocycles. The summed E-state index contributed by atoms with van der Waals surface area (Å²) in [4.78, 5) is 25.5. The molecular weight excluding hydrogens is 216 g/mol. The summed E-state index contributed by atoms with van der Waals surface area (Å²) in [5, 5.41) is 23.2. The van der Waals surface area contributed by atoms with Crippen molar-refractivity contribution in [3.63, 3.8) is 0 Å². The van der Waals surface area contributed by atoms with Crippen LogP contribution in [0.3, 0.4) is 0 Å². The molecule has 1 aromatic heterocycles. The van der Waals surface area contributed by atoms with Crippen LogP contribution in [0.4, 0.5) is 0 Å². The van der Waals surface area contributed by atoms with E-state index in [1.807, 2.05) is 0 Å². The molecule has 0 aliphatic carbocycles. The maximum atomic E-state index is 11.3. The van der Waals surface area contributed by atoms with Crippen molar-refractivity contribution in [2.75, 3.05) is 6.61 Å². The molecule has 0 aliphatic heterocycles. The van der Waals surface area contributed by atoms with Gasteiger partial charge in [0.05, 0.1) is 13.2 Å². The zero-order chi connectivity index (χ0) is 12.0. The summed E-state index contributed by atoms with van der Waals surface area (Å²) in [5.41, 5.74) is 0. The van der Waals surface area contributed by atoms with E-state index in [4.69, 9.17) is 10.2 Å². The van der Waals surface area contributed by atoms with Crippen molar-refractivity contribution < 1.29 is 19.8 Å². The van der Waals surface area contributed by atoms with Crippen molar-refractivity contribution in [1.29, 1.82) is 0 Å². The Kier molecular flexibility index (Phi) is 4.40. The van der Waals surface area contributed by atoms with Gasteiger partial charge < -0.3 is 15.5 Å². The third kappa shape index (κ3) is 3.65. The van der Waals surface area contributed by atoms with Crippen molar-refractivity contribution in [1.82, 2.24) is 20.1 Å². The molecule has 88 valence electrons. The highest BCUT2D eigenvalue weighted by molar-refractivity contribution is 5.83. The smallest absolute Gasteiger partial charge is 0.328 e. The van der Waals surface area contributed by atoms with Crippen molar-refractivity contribution in [2.24, 2.45) is 0 Å². The number of hydrogen-bond acceptors (Lipinski definition) is 5. The van der Waals surface area contributed by atoms with Gasteiger partial charge in [0.25, 0.3) is 0 Å². The minimum absolute atomic E-state index is 0.0765. The molecule has 1 atom stereocenters. The van der Waals surface area contributed by atoms with E-state index in [9.17, 15) is 9.59 Å². The van der Waals surface area contributed by atoms with E-state index in [0.717, 1.165) is 0 Å². The summed E-state index contributed by atoms with van der Waals surface area (Å²) in [7, 11) is 0. The maximum Gasteiger partial charge on any atom is 0.328 e.